The molecular weight excluding hydrogens is 272 g/mol. The number of fused-ring (bicyclic) bond motifs is 1. The minimum Gasteiger partial charge on any atom is -0.360 e. The summed E-state index contributed by atoms with van der Waals surface area (Å²) in [5, 5.41) is 17.2. The van der Waals surface area contributed by atoms with Crippen molar-refractivity contribution in [2.24, 2.45) is 0 Å². The summed E-state index contributed by atoms with van der Waals surface area (Å²) in [7, 11) is 0. The summed E-state index contributed by atoms with van der Waals surface area (Å²) < 4.78 is 6.71. The Labute approximate surface area is 120 Å². The van der Waals surface area contributed by atoms with Crippen molar-refractivity contribution in [1.29, 1.82) is 0 Å². The summed E-state index contributed by atoms with van der Waals surface area (Å²) in [4.78, 5) is 11.9. The van der Waals surface area contributed by atoms with E-state index < -0.39 is 0 Å². The zero-order chi connectivity index (χ0) is 14.8. The van der Waals surface area contributed by atoms with Crippen molar-refractivity contribution in [1.82, 2.24) is 25.1 Å². The molecule has 1 atom stereocenters. The first kappa shape index (κ1) is 13.1. The van der Waals surface area contributed by atoms with Crippen LogP contribution >= 0.6 is 0 Å². The molecule has 0 aliphatic carbocycles. The quantitative estimate of drug-likeness (QED) is 0.766. The molecule has 3 aromatic rings. The fraction of sp³-hybridized carbons (Fsp3) is 0.231. The van der Waals surface area contributed by atoms with Crippen molar-refractivity contribution in [2.45, 2.75) is 19.9 Å². The molecule has 8 heteroatoms. The maximum Gasteiger partial charge on any atom is 0.321 e. The van der Waals surface area contributed by atoms with Crippen molar-refractivity contribution < 1.29 is 9.32 Å². The van der Waals surface area contributed by atoms with E-state index in [2.05, 4.69) is 26.0 Å². The predicted octanol–water partition coefficient (Wildman–Crippen LogP) is 1.91. The van der Waals surface area contributed by atoms with Gasteiger partial charge in [0.2, 0.25) is 0 Å². The molecule has 0 aliphatic rings. The Bertz CT molecular complexity index is 778. The monoisotopic (exact) mass is 286 g/mol. The second-order valence-electron chi connectivity index (χ2n) is 4.63. The molecule has 108 valence electrons. The van der Waals surface area contributed by atoms with Crippen LogP contribution in [0.2, 0.25) is 0 Å². The van der Waals surface area contributed by atoms with Gasteiger partial charge in [0.1, 0.15) is 5.76 Å². The van der Waals surface area contributed by atoms with E-state index in [1.54, 1.807) is 13.0 Å². The number of anilines is 1. The van der Waals surface area contributed by atoms with Crippen LogP contribution in [0.15, 0.2) is 35.0 Å². The van der Waals surface area contributed by atoms with Crippen LogP contribution in [0, 0.1) is 6.92 Å². The maximum atomic E-state index is 11.9. The molecule has 0 saturated carbocycles. The lowest BCUT2D eigenvalue weighted by Crippen LogP contribution is -2.32. The first-order chi connectivity index (χ1) is 10.1. The third-order valence-corrected chi connectivity index (χ3v) is 2.94. The molecule has 3 heterocycles. The molecular formula is C13H14N6O2. The van der Waals surface area contributed by atoms with Gasteiger partial charge in [-0.05, 0) is 26.0 Å². The van der Waals surface area contributed by atoms with E-state index in [1.165, 1.54) is 0 Å². The topological polar surface area (TPSA) is 97.3 Å². The molecule has 2 amide bonds. The Morgan fingerprint density at radius 2 is 2.24 bits per heavy atom. The average Bonchev–Trinajstić information content (AvgIpc) is 3.04. The minimum atomic E-state index is -0.386. The maximum absolute atomic E-state index is 11.9. The van der Waals surface area contributed by atoms with Crippen LogP contribution in [0.25, 0.3) is 5.65 Å². The minimum absolute atomic E-state index is 0.310. The van der Waals surface area contributed by atoms with E-state index in [4.69, 9.17) is 4.52 Å². The Kier molecular flexibility index (Phi) is 3.27. The van der Waals surface area contributed by atoms with E-state index in [1.807, 2.05) is 35.7 Å². The van der Waals surface area contributed by atoms with Crippen LogP contribution < -0.4 is 10.6 Å². The van der Waals surface area contributed by atoms with Gasteiger partial charge in [-0.3, -0.25) is 9.72 Å². The Balaban J connectivity index is 1.71. The smallest absolute Gasteiger partial charge is 0.321 e. The zero-order valence-corrected chi connectivity index (χ0v) is 11.6. The second-order valence-corrected chi connectivity index (χ2v) is 4.63. The van der Waals surface area contributed by atoms with E-state index in [0.29, 0.717) is 17.4 Å². The Morgan fingerprint density at radius 3 is 3.00 bits per heavy atom. The molecule has 3 rings (SSSR count). The summed E-state index contributed by atoms with van der Waals surface area (Å²) in [5.41, 5.74) is 0.730. The molecule has 0 aliphatic heterocycles. The summed E-state index contributed by atoms with van der Waals surface area (Å²) >= 11 is 0. The molecule has 0 saturated heterocycles. The van der Waals surface area contributed by atoms with Gasteiger partial charge in [0.25, 0.3) is 0 Å². The lowest BCUT2D eigenvalue weighted by molar-refractivity contribution is 0.248. The van der Waals surface area contributed by atoms with E-state index in [-0.39, 0.29) is 12.1 Å². The highest BCUT2D eigenvalue weighted by Crippen LogP contribution is 2.12. The molecule has 2 N–H and O–H groups in total. The normalized spacial score (nSPS) is 12.3. The van der Waals surface area contributed by atoms with Gasteiger partial charge >= 0.3 is 6.03 Å². The SMILES string of the molecule is Cc1cc(NC(=O)NC(C)c2nnc3ccccn23)no1. The number of amides is 2. The van der Waals surface area contributed by atoms with Crippen molar-refractivity contribution in [2.75, 3.05) is 5.32 Å². The number of nitrogens with zero attached hydrogens (tertiary/aromatic N) is 4. The molecule has 8 nitrogen and oxygen atoms in total. The fourth-order valence-corrected chi connectivity index (χ4v) is 1.99. The van der Waals surface area contributed by atoms with Gasteiger partial charge in [-0.15, -0.1) is 10.2 Å². The third-order valence-electron chi connectivity index (χ3n) is 2.94. The van der Waals surface area contributed by atoms with Crippen molar-refractivity contribution >= 4 is 17.5 Å². The standard InChI is InChI=1S/C13H14N6O2/c1-8-7-10(18-21-8)15-13(20)14-9(2)12-17-16-11-5-3-4-6-19(11)12/h3-7,9H,1-2H3,(H2,14,15,18,20). The number of aryl methyl sites for hydroxylation is 1. The van der Waals surface area contributed by atoms with Crippen molar-refractivity contribution in [3.63, 3.8) is 0 Å². The summed E-state index contributed by atoms with van der Waals surface area (Å²) in [6, 6.07) is 6.55. The van der Waals surface area contributed by atoms with Gasteiger partial charge in [0.15, 0.2) is 17.3 Å². The van der Waals surface area contributed by atoms with E-state index >= 15 is 0 Å². The molecule has 21 heavy (non-hydrogen) atoms. The zero-order valence-electron chi connectivity index (χ0n) is 11.6. The number of carbonyl (C=O) groups is 1. The number of pyridine rings is 1. The Morgan fingerprint density at radius 1 is 1.38 bits per heavy atom. The van der Waals surface area contributed by atoms with Crippen LogP contribution in [0.1, 0.15) is 24.6 Å². The molecule has 0 fully saturated rings. The first-order valence-corrected chi connectivity index (χ1v) is 6.44. The van der Waals surface area contributed by atoms with Gasteiger partial charge in [-0.1, -0.05) is 11.2 Å². The number of hydrogen-bond acceptors (Lipinski definition) is 5. The number of rotatable bonds is 3. The molecule has 3 aromatic heterocycles. The average molecular weight is 286 g/mol. The van der Waals surface area contributed by atoms with Gasteiger partial charge in [-0.2, -0.15) is 0 Å². The summed E-state index contributed by atoms with van der Waals surface area (Å²) in [6.45, 7) is 3.58. The fourth-order valence-electron chi connectivity index (χ4n) is 1.99. The highest BCUT2D eigenvalue weighted by atomic mass is 16.5. The molecule has 0 spiro atoms. The van der Waals surface area contributed by atoms with Gasteiger partial charge in [0.05, 0.1) is 6.04 Å². The molecule has 0 bridgehead atoms. The van der Waals surface area contributed by atoms with Crippen molar-refractivity contribution in [3.8, 4) is 0 Å². The van der Waals surface area contributed by atoms with Gasteiger partial charge in [0, 0.05) is 12.3 Å². The number of nitrogens with one attached hydrogen (secondary N) is 2. The lowest BCUT2D eigenvalue weighted by atomic mass is 10.3. The van der Waals surface area contributed by atoms with Gasteiger partial charge < -0.3 is 9.84 Å². The number of aromatic nitrogens is 4. The highest BCUT2D eigenvalue weighted by molar-refractivity contribution is 5.88. The number of carbonyl (C=O) groups excluding carboxylic acids is 1. The lowest BCUT2D eigenvalue weighted by Gasteiger charge is -2.12. The first-order valence-electron chi connectivity index (χ1n) is 6.44. The molecule has 0 radical (unpaired) electrons. The van der Waals surface area contributed by atoms with E-state index in [9.17, 15) is 4.79 Å². The highest BCUT2D eigenvalue weighted by Gasteiger charge is 2.16. The second kappa shape index (κ2) is 5.23. The Hall–Kier alpha value is -2.90. The van der Waals surface area contributed by atoms with Crippen LogP contribution in [0.4, 0.5) is 10.6 Å². The molecule has 1 unspecified atom stereocenters. The number of urea groups is 1. The number of hydrogen-bond donors (Lipinski definition) is 2. The summed E-state index contributed by atoms with van der Waals surface area (Å²) in [6.07, 6.45) is 1.85. The van der Waals surface area contributed by atoms with E-state index in [0.717, 1.165) is 5.65 Å². The third kappa shape index (κ3) is 2.69. The van der Waals surface area contributed by atoms with Crippen LogP contribution in [0.3, 0.4) is 0 Å². The van der Waals surface area contributed by atoms with Gasteiger partial charge in [-0.25, -0.2) is 4.79 Å². The largest absolute Gasteiger partial charge is 0.360 e. The van der Waals surface area contributed by atoms with Crippen LogP contribution in [-0.2, 0) is 0 Å². The summed E-state index contributed by atoms with van der Waals surface area (Å²) in [5.74, 6) is 1.64. The molecule has 0 aromatic carbocycles. The van der Waals surface area contributed by atoms with Crippen LogP contribution in [-0.4, -0.2) is 25.8 Å². The predicted molar refractivity (Wildman–Crippen MR) is 74.8 cm³/mol. The van der Waals surface area contributed by atoms with Crippen molar-refractivity contribution in [3.05, 3.63) is 42.0 Å². The van der Waals surface area contributed by atoms with Crippen LogP contribution in [0.5, 0.6) is 0 Å².